The molecular formula is C57H92O27S. The molecule has 8 fully saturated rings. The molecule has 27 nitrogen and oxygen atoms in total. The van der Waals surface area contributed by atoms with Crippen molar-refractivity contribution in [1.82, 2.24) is 0 Å². The zero-order valence-corrected chi connectivity index (χ0v) is 50.2. The fraction of sp³-hybridized carbons (Fsp3) is 0.912. The maximum absolute atomic E-state index is 13.1. The van der Waals surface area contributed by atoms with Gasteiger partial charge in [0.05, 0.1) is 43.2 Å². The Labute approximate surface area is 495 Å². The quantitative estimate of drug-likeness (QED) is 0.0449. The first-order valence-electron chi connectivity index (χ1n) is 30.0. The number of carbonyl (C=O) groups excluding carboxylic acids is 1. The highest BCUT2D eigenvalue weighted by Crippen LogP contribution is 2.67. The molecule has 4 aliphatic carbocycles. The van der Waals surface area contributed by atoms with Gasteiger partial charge in [0.1, 0.15) is 97.7 Å². The fourth-order valence-corrected chi connectivity index (χ4v) is 16.3. The topological polar surface area (TPSA) is 416 Å². The van der Waals surface area contributed by atoms with Crippen LogP contribution in [-0.4, -0.2) is 252 Å². The monoisotopic (exact) mass is 1240 g/mol. The molecule has 0 aromatic heterocycles. The lowest BCUT2D eigenvalue weighted by Gasteiger charge is -2.59. The number of hydrogen-bond acceptors (Lipinski definition) is 26. The fourth-order valence-electron chi connectivity index (χ4n) is 15.8. The van der Waals surface area contributed by atoms with E-state index < -0.39 is 194 Å². The summed E-state index contributed by atoms with van der Waals surface area (Å²) in [6, 6.07) is 0. The summed E-state index contributed by atoms with van der Waals surface area (Å²) in [4.78, 5) is 13.1. The number of rotatable bonds is 17. The van der Waals surface area contributed by atoms with Gasteiger partial charge in [0.25, 0.3) is 0 Å². The molecule has 9 aliphatic rings. The first kappa shape index (κ1) is 67.5. The number of hydrogen-bond donors (Lipinski definition) is 13. The van der Waals surface area contributed by atoms with Crippen molar-refractivity contribution >= 4 is 16.2 Å². The van der Waals surface area contributed by atoms with Crippen LogP contribution in [0.15, 0.2) is 23.3 Å². The number of fused-ring (bicyclic) bond motifs is 5. The van der Waals surface area contributed by atoms with Gasteiger partial charge in [-0.2, -0.15) is 8.42 Å². The Hall–Kier alpha value is -1.86. The molecule has 0 aromatic rings. The van der Waals surface area contributed by atoms with E-state index in [1.807, 2.05) is 13.8 Å². The molecule has 5 aliphatic heterocycles. The van der Waals surface area contributed by atoms with Crippen LogP contribution in [0.2, 0.25) is 0 Å². The van der Waals surface area contributed by atoms with Crippen LogP contribution in [-0.2, 0) is 66.7 Å². The average Bonchev–Trinajstić information content (AvgIpc) is 1.75. The third kappa shape index (κ3) is 13.4. The van der Waals surface area contributed by atoms with E-state index in [-0.39, 0.29) is 47.7 Å². The summed E-state index contributed by atoms with van der Waals surface area (Å²) in [5.41, 5.74) is 1.28. The molecule has 9 rings (SSSR count). The lowest BCUT2D eigenvalue weighted by molar-refractivity contribution is -0.406. The van der Waals surface area contributed by atoms with E-state index in [1.54, 1.807) is 6.08 Å². The number of allylic oxidation sites excluding steroid dienone is 4. The van der Waals surface area contributed by atoms with Crippen LogP contribution in [0.1, 0.15) is 114 Å². The van der Waals surface area contributed by atoms with E-state index in [2.05, 4.69) is 26.8 Å². The number of aliphatic hydroxyl groups is 12. The molecule has 5 heterocycles. The van der Waals surface area contributed by atoms with Gasteiger partial charge in [-0.05, 0) is 133 Å². The molecule has 5 saturated heterocycles. The molecule has 0 radical (unpaired) electrons. The smallest absolute Gasteiger partial charge is 0.394 e. The minimum absolute atomic E-state index is 0.0727. The summed E-state index contributed by atoms with van der Waals surface area (Å²) in [6.07, 6.45) is -35.8. The highest BCUT2D eigenvalue weighted by Gasteiger charge is 2.63. The minimum Gasteiger partial charge on any atom is -0.394 e. The van der Waals surface area contributed by atoms with Crippen LogP contribution in [0.3, 0.4) is 0 Å². The molecule has 0 bridgehead atoms. The van der Waals surface area contributed by atoms with Crippen molar-refractivity contribution in [3.05, 3.63) is 23.3 Å². The van der Waals surface area contributed by atoms with Gasteiger partial charge < -0.3 is 109 Å². The van der Waals surface area contributed by atoms with Crippen molar-refractivity contribution in [2.75, 3.05) is 6.61 Å². The third-order valence-electron chi connectivity index (χ3n) is 20.4. The van der Waals surface area contributed by atoms with E-state index in [0.29, 0.717) is 19.3 Å². The minimum atomic E-state index is -4.88. The Bertz CT molecular complexity index is 2470. The molecule has 488 valence electrons. The summed E-state index contributed by atoms with van der Waals surface area (Å²) >= 11 is 0. The van der Waals surface area contributed by atoms with E-state index in [1.165, 1.54) is 33.3 Å². The molecule has 0 aromatic carbocycles. The van der Waals surface area contributed by atoms with E-state index in [4.69, 9.17) is 51.6 Å². The summed E-state index contributed by atoms with van der Waals surface area (Å²) in [7, 11) is -4.88. The first-order chi connectivity index (χ1) is 39.8. The van der Waals surface area contributed by atoms with Gasteiger partial charge in [-0.1, -0.05) is 38.0 Å². The number of ether oxygens (including phenoxy) is 10. The van der Waals surface area contributed by atoms with Crippen LogP contribution in [0.5, 0.6) is 0 Å². The molecule has 0 unspecified atom stereocenters. The zero-order valence-electron chi connectivity index (χ0n) is 49.4. The second-order valence-corrected chi connectivity index (χ2v) is 27.4. The highest BCUT2D eigenvalue weighted by molar-refractivity contribution is 7.80. The molecule has 3 saturated carbocycles. The summed E-state index contributed by atoms with van der Waals surface area (Å²) < 4.78 is 101. The molecule has 34 atom stereocenters. The maximum atomic E-state index is 13.1. The standard InChI is InChI=1S/C57H92O27S/c1-21(2)16-27(59)17-22(3)30-10-11-31-29-19-34(33-18-28(84-85(71,72)73)12-14-57(33,9)32(29)13-15-56(30,31)8)78-53-46(70)48(39(63)35(20-58)79-53)81-55-50(83-52-44(68)41(65)37(61)24(5)75-52)45(69)47(26(7)77-55)80-54-49(42(66)38(62)25(6)76-54)82-51-43(67)40(64)36(60)23(4)74-51/h13,16,22-26,28-31,33-55,58,60-70H,10-12,14-15,17-20H2,1-9H3,(H,71,72,73)/t22-,23-,24-,25-,26-,28+,29+,30-,31+,33-,34+,35-,36+,37-,38+,39-,40+,41+,42+,43-,44-,45+,46-,47-,48+,49-,50-,51+,52+,53-,54+,55+,56-,57-/m1/s1. The molecule has 85 heavy (non-hydrogen) atoms. The Kier molecular flexibility index (Phi) is 21.0. The first-order valence-corrected chi connectivity index (χ1v) is 31.3. The number of carbonyl (C=O) groups is 1. The summed E-state index contributed by atoms with van der Waals surface area (Å²) in [5.74, 6) is -0.101. The van der Waals surface area contributed by atoms with Gasteiger partial charge >= 0.3 is 10.4 Å². The van der Waals surface area contributed by atoms with Crippen molar-refractivity contribution in [3.8, 4) is 0 Å². The van der Waals surface area contributed by atoms with Crippen molar-refractivity contribution < 1.29 is 131 Å². The largest absolute Gasteiger partial charge is 0.397 e. The lowest BCUT2D eigenvalue weighted by Crippen LogP contribution is -2.68. The van der Waals surface area contributed by atoms with Crippen LogP contribution >= 0.6 is 0 Å². The maximum Gasteiger partial charge on any atom is 0.397 e. The zero-order chi connectivity index (χ0) is 62.3. The van der Waals surface area contributed by atoms with Crippen molar-refractivity contribution in [1.29, 1.82) is 0 Å². The van der Waals surface area contributed by atoms with Crippen LogP contribution in [0.25, 0.3) is 0 Å². The van der Waals surface area contributed by atoms with Crippen molar-refractivity contribution in [3.63, 3.8) is 0 Å². The lowest BCUT2D eigenvalue weighted by atomic mass is 9.47. The van der Waals surface area contributed by atoms with E-state index >= 15 is 0 Å². The summed E-state index contributed by atoms with van der Waals surface area (Å²) in [5, 5.41) is 134. The highest BCUT2D eigenvalue weighted by atomic mass is 32.3. The van der Waals surface area contributed by atoms with Gasteiger partial charge in [-0.25, -0.2) is 4.18 Å². The summed E-state index contributed by atoms with van der Waals surface area (Å²) in [6.45, 7) is 15.0. The van der Waals surface area contributed by atoms with Gasteiger partial charge in [-0.3, -0.25) is 9.35 Å². The molecular weight excluding hydrogens is 1150 g/mol. The second kappa shape index (κ2) is 26.4. The van der Waals surface area contributed by atoms with Gasteiger partial charge in [-0.15, -0.1) is 0 Å². The molecule has 28 heteroatoms. The van der Waals surface area contributed by atoms with Gasteiger partial charge in [0.2, 0.25) is 0 Å². The SMILES string of the molecule is CC(C)=CC(=O)C[C@@H](C)[C@H]1CC[C@H]2[C@@H]3C[C@H](O[C@@H]4O[C@H](CO)[C@@H](O)[C@H](O[C@@H]5O[C@H](C)[C@@H](O[C@@H]6O[C@H](C)[C@H](O)[C@H](O)[C@H]6O[C@@H]6O[C@H](C)[C@H](O)[C@H](O)[C@H]6O)[C@H](O)[C@H]5O[C@@H]5O[C@H](C)[C@@H](O)[C@H](O)[C@H]5O)[C@H]4O)[C@H]4C[C@@H](OS(=O)(=O)O)CC[C@]4(C)C3=CC[C@]12C. The Morgan fingerprint density at radius 2 is 1.13 bits per heavy atom. The normalized spacial score (nSPS) is 51.6. The Balaban J connectivity index is 0.999. The average molecular weight is 1240 g/mol. The third-order valence-corrected chi connectivity index (χ3v) is 20.9. The van der Waals surface area contributed by atoms with E-state index in [9.17, 15) is 79.0 Å². The predicted octanol–water partition coefficient (Wildman–Crippen LogP) is -1.48. The Morgan fingerprint density at radius 3 is 1.69 bits per heavy atom. The number of ketones is 1. The van der Waals surface area contributed by atoms with Gasteiger partial charge in [0.15, 0.2) is 37.2 Å². The van der Waals surface area contributed by atoms with Crippen molar-refractivity contribution in [2.24, 2.45) is 40.4 Å². The molecule has 13 N–H and O–H groups in total. The number of aliphatic hydroxyl groups excluding tert-OH is 12. The second-order valence-electron chi connectivity index (χ2n) is 26.4. The van der Waals surface area contributed by atoms with Crippen LogP contribution in [0.4, 0.5) is 0 Å². The molecule has 0 amide bonds. The van der Waals surface area contributed by atoms with E-state index in [0.717, 1.165) is 24.8 Å². The van der Waals surface area contributed by atoms with Crippen LogP contribution in [0, 0.1) is 40.4 Å². The van der Waals surface area contributed by atoms with Crippen molar-refractivity contribution in [2.45, 2.75) is 279 Å². The molecule has 0 spiro atoms. The predicted molar refractivity (Wildman–Crippen MR) is 289 cm³/mol. The van der Waals surface area contributed by atoms with Gasteiger partial charge in [0, 0.05) is 6.42 Å². The Morgan fingerprint density at radius 1 is 0.612 bits per heavy atom. The van der Waals surface area contributed by atoms with Crippen LogP contribution < -0.4 is 0 Å².